The summed E-state index contributed by atoms with van der Waals surface area (Å²) in [5, 5.41) is 12.6. The molecule has 0 fully saturated rings. The number of benzene rings is 2. The smallest absolute Gasteiger partial charge is 0.234 e. The molecule has 3 rings (SSSR count). The first-order chi connectivity index (χ1) is 13.9. The lowest BCUT2D eigenvalue weighted by Gasteiger charge is -2.08. The van der Waals surface area contributed by atoms with Crippen molar-refractivity contribution in [2.45, 2.75) is 23.6 Å². The maximum atomic E-state index is 12.2. The fourth-order valence-corrected chi connectivity index (χ4v) is 4.50. The Hall–Kier alpha value is -1.67. The predicted molar refractivity (Wildman–Crippen MR) is 123 cm³/mol. The third-order valence-corrected chi connectivity index (χ3v) is 6.94. The number of anilines is 1. The number of nitrogens with zero attached hydrogens (tertiary/aromatic N) is 3. The molecular formula is C20H20Cl2N4OS2. The normalized spacial score (nSPS) is 10.9. The molecule has 3 aromatic rings. The van der Waals surface area contributed by atoms with Crippen molar-refractivity contribution in [3.63, 3.8) is 0 Å². The van der Waals surface area contributed by atoms with Crippen molar-refractivity contribution in [1.29, 1.82) is 0 Å². The summed E-state index contributed by atoms with van der Waals surface area (Å²) in [6.45, 7) is 2.08. The molecule has 0 spiro atoms. The second kappa shape index (κ2) is 10.4. The topological polar surface area (TPSA) is 59.8 Å². The first-order valence-corrected chi connectivity index (χ1v) is 11.7. The molecule has 152 valence electrons. The minimum atomic E-state index is -0.183. The largest absolute Gasteiger partial charge is 0.324 e. The molecule has 0 radical (unpaired) electrons. The van der Waals surface area contributed by atoms with Crippen molar-refractivity contribution in [2.24, 2.45) is 7.05 Å². The summed E-state index contributed by atoms with van der Waals surface area (Å²) in [5.74, 6) is 2.56. The summed E-state index contributed by atoms with van der Waals surface area (Å²) in [5.41, 5.74) is 3.04. The molecule has 1 N–H and O–H groups in total. The number of aromatic nitrogens is 3. The zero-order valence-corrected chi connectivity index (χ0v) is 19.1. The van der Waals surface area contributed by atoms with Crippen LogP contribution in [0.25, 0.3) is 0 Å². The van der Waals surface area contributed by atoms with Crippen LogP contribution in [0.3, 0.4) is 0 Å². The number of rotatable bonds is 8. The van der Waals surface area contributed by atoms with Gasteiger partial charge in [-0.3, -0.25) is 4.79 Å². The number of carbonyl (C=O) groups is 1. The SMILES string of the molecule is Cc1ccc(CSCc2nnc(SCC(=O)Nc3cccc(Cl)c3Cl)n2C)cc1. The zero-order valence-electron chi connectivity index (χ0n) is 16.0. The van der Waals surface area contributed by atoms with E-state index < -0.39 is 0 Å². The van der Waals surface area contributed by atoms with Gasteiger partial charge in [0.1, 0.15) is 5.82 Å². The standard InChI is InChI=1S/C20H20Cl2N4OS2/c1-13-6-8-14(9-7-13)10-28-11-17-24-25-20(26(17)2)29-12-18(27)23-16-5-3-4-15(21)19(16)22/h3-9H,10-12H2,1-2H3,(H,23,27). The minimum Gasteiger partial charge on any atom is -0.324 e. The Balaban J connectivity index is 1.49. The number of halogens is 2. The van der Waals surface area contributed by atoms with Gasteiger partial charge in [-0.2, -0.15) is 0 Å². The van der Waals surface area contributed by atoms with Gasteiger partial charge in [-0.05, 0) is 24.6 Å². The van der Waals surface area contributed by atoms with E-state index in [4.69, 9.17) is 23.2 Å². The van der Waals surface area contributed by atoms with Crippen LogP contribution < -0.4 is 5.32 Å². The Morgan fingerprint density at radius 3 is 2.62 bits per heavy atom. The van der Waals surface area contributed by atoms with Gasteiger partial charge >= 0.3 is 0 Å². The molecule has 0 atom stereocenters. The van der Waals surface area contributed by atoms with Gasteiger partial charge in [0.25, 0.3) is 0 Å². The zero-order chi connectivity index (χ0) is 20.8. The van der Waals surface area contributed by atoms with E-state index in [-0.39, 0.29) is 11.7 Å². The average molecular weight is 467 g/mol. The van der Waals surface area contributed by atoms with Crippen molar-refractivity contribution in [1.82, 2.24) is 14.8 Å². The molecule has 1 amide bonds. The summed E-state index contributed by atoms with van der Waals surface area (Å²) < 4.78 is 1.92. The second-order valence-electron chi connectivity index (χ2n) is 6.37. The van der Waals surface area contributed by atoms with Gasteiger partial charge in [0.2, 0.25) is 5.91 Å². The molecule has 0 aliphatic carbocycles. The maximum absolute atomic E-state index is 12.2. The highest BCUT2D eigenvalue weighted by Crippen LogP contribution is 2.29. The average Bonchev–Trinajstić information content (AvgIpc) is 3.05. The van der Waals surface area contributed by atoms with E-state index in [0.29, 0.717) is 20.9 Å². The van der Waals surface area contributed by atoms with Crippen LogP contribution in [0.2, 0.25) is 10.0 Å². The van der Waals surface area contributed by atoms with Crippen LogP contribution in [0, 0.1) is 6.92 Å². The third kappa shape index (κ3) is 6.15. The predicted octanol–water partition coefficient (Wildman–Crippen LogP) is 5.59. The van der Waals surface area contributed by atoms with Gasteiger partial charge in [-0.1, -0.05) is 70.9 Å². The molecular weight excluding hydrogens is 447 g/mol. The van der Waals surface area contributed by atoms with Crippen LogP contribution in [0.1, 0.15) is 17.0 Å². The lowest BCUT2D eigenvalue weighted by molar-refractivity contribution is -0.113. The van der Waals surface area contributed by atoms with Crippen molar-refractivity contribution in [2.75, 3.05) is 11.1 Å². The van der Waals surface area contributed by atoms with Gasteiger partial charge in [-0.25, -0.2) is 0 Å². The summed E-state index contributed by atoms with van der Waals surface area (Å²) in [7, 11) is 1.91. The second-order valence-corrected chi connectivity index (χ2v) is 9.09. The number of amides is 1. The van der Waals surface area contributed by atoms with E-state index in [0.717, 1.165) is 17.3 Å². The Morgan fingerprint density at radius 2 is 1.86 bits per heavy atom. The van der Waals surface area contributed by atoms with Crippen molar-refractivity contribution >= 4 is 58.3 Å². The van der Waals surface area contributed by atoms with Crippen LogP contribution in [0.4, 0.5) is 5.69 Å². The van der Waals surface area contributed by atoms with E-state index >= 15 is 0 Å². The number of carbonyl (C=O) groups excluding carboxylic acids is 1. The molecule has 5 nitrogen and oxygen atoms in total. The summed E-state index contributed by atoms with van der Waals surface area (Å²) in [4.78, 5) is 12.2. The number of hydrogen-bond acceptors (Lipinski definition) is 5. The van der Waals surface area contributed by atoms with Crippen LogP contribution in [0.5, 0.6) is 0 Å². The fourth-order valence-electron chi connectivity index (χ4n) is 2.46. The van der Waals surface area contributed by atoms with Gasteiger partial charge in [0, 0.05) is 12.8 Å². The van der Waals surface area contributed by atoms with Gasteiger partial charge in [0.15, 0.2) is 5.16 Å². The first kappa shape index (κ1) is 22.0. The highest BCUT2D eigenvalue weighted by molar-refractivity contribution is 7.99. The maximum Gasteiger partial charge on any atom is 0.234 e. The van der Waals surface area contributed by atoms with E-state index in [1.54, 1.807) is 30.0 Å². The fraction of sp³-hybridized carbons (Fsp3) is 0.250. The highest BCUT2D eigenvalue weighted by Gasteiger charge is 2.13. The molecule has 9 heteroatoms. The Labute approximate surface area is 188 Å². The number of nitrogens with one attached hydrogen (secondary N) is 1. The van der Waals surface area contributed by atoms with Crippen molar-refractivity contribution in [3.05, 3.63) is 69.5 Å². The van der Waals surface area contributed by atoms with E-state index in [1.807, 2.05) is 11.6 Å². The first-order valence-electron chi connectivity index (χ1n) is 8.82. The van der Waals surface area contributed by atoms with E-state index in [2.05, 4.69) is 46.7 Å². The molecule has 0 unspecified atom stereocenters. The van der Waals surface area contributed by atoms with Gasteiger partial charge < -0.3 is 9.88 Å². The van der Waals surface area contributed by atoms with Crippen molar-refractivity contribution < 1.29 is 4.79 Å². The molecule has 2 aromatic carbocycles. The molecule has 0 saturated carbocycles. The molecule has 1 heterocycles. The summed E-state index contributed by atoms with van der Waals surface area (Å²) >= 11 is 15.2. The summed E-state index contributed by atoms with van der Waals surface area (Å²) in [6, 6.07) is 13.6. The molecule has 0 saturated heterocycles. The lowest BCUT2D eigenvalue weighted by atomic mass is 10.2. The highest BCUT2D eigenvalue weighted by atomic mass is 35.5. The lowest BCUT2D eigenvalue weighted by Crippen LogP contribution is -2.14. The summed E-state index contributed by atoms with van der Waals surface area (Å²) in [6.07, 6.45) is 0. The number of hydrogen-bond donors (Lipinski definition) is 1. The third-order valence-electron chi connectivity index (χ3n) is 4.10. The molecule has 1 aromatic heterocycles. The van der Waals surface area contributed by atoms with Gasteiger partial charge in [-0.15, -0.1) is 22.0 Å². The molecule has 29 heavy (non-hydrogen) atoms. The van der Waals surface area contributed by atoms with Crippen LogP contribution in [-0.4, -0.2) is 26.4 Å². The number of thioether (sulfide) groups is 2. The Morgan fingerprint density at radius 1 is 1.10 bits per heavy atom. The quantitative estimate of drug-likeness (QED) is 0.438. The molecule has 0 bridgehead atoms. The van der Waals surface area contributed by atoms with Crippen LogP contribution >= 0.6 is 46.7 Å². The van der Waals surface area contributed by atoms with Crippen LogP contribution in [-0.2, 0) is 23.3 Å². The number of aryl methyl sites for hydroxylation is 1. The van der Waals surface area contributed by atoms with Crippen molar-refractivity contribution in [3.8, 4) is 0 Å². The molecule has 0 aliphatic heterocycles. The Bertz CT molecular complexity index is 993. The Kier molecular flexibility index (Phi) is 7.89. The molecule has 0 aliphatic rings. The van der Waals surface area contributed by atoms with E-state index in [9.17, 15) is 4.79 Å². The monoisotopic (exact) mass is 466 g/mol. The van der Waals surface area contributed by atoms with E-state index in [1.165, 1.54) is 22.9 Å². The minimum absolute atomic E-state index is 0.183. The van der Waals surface area contributed by atoms with Gasteiger partial charge in [0.05, 0.1) is 27.2 Å². The van der Waals surface area contributed by atoms with Crippen LogP contribution in [0.15, 0.2) is 47.6 Å².